The van der Waals surface area contributed by atoms with E-state index in [1.807, 2.05) is 11.4 Å². The van der Waals surface area contributed by atoms with E-state index in [-0.39, 0.29) is 5.91 Å². The lowest BCUT2D eigenvalue weighted by molar-refractivity contribution is -0.114. The number of aromatic nitrogens is 1. The maximum atomic E-state index is 11.1. The Balaban J connectivity index is 1.58. The molecule has 0 unspecified atom stereocenters. The maximum Gasteiger partial charge on any atom is 0.223 e. The SMILES string of the molecule is CC(=O)Nc1nc(C2=CCCN(C/C=C/c3ccccc3)C2)cs1. The second-order valence-electron chi connectivity index (χ2n) is 5.79. The van der Waals surface area contributed by atoms with Gasteiger partial charge < -0.3 is 5.32 Å². The van der Waals surface area contributed by atoms with E-state index in [9.17, 15) is 4.79 Å². The first kappa shape index (κ1) is 16.6. The highest BCUT2D eigenvalue weighted by molar-refractivity contribution is 7.14. The van der Waals surface area contributed by atoms with Gasteiger partial charge in [-0.1, -0.05) is 48.6 Å². The molecule has 124 valence electrons. The van der Waals surface area contributed by atoms with E-state index in [4.69, 9.17) is 0 Å². The van der Waals surface area contributed by atoms with Gasteiger partial charge in [-0.05, 0) is 17.6 Å². The summed E-state index contributed by atoms with van der Waals surface area (Å²) in [7, 11) is 0. The van der Waals surface area contributed by atoms with Crippen molar-refractivity contribution in [2.75, 3.05) is 25.0 Å². The number of amides is 1. The molecule has 1 amide bonds. The van der Waals surface area contributed by atoms with Crippen LogP contribution in [0.1, 0.15) is 24.6 Å². The third-order valence-corrected chi connectivity index (χ3v) is 4.58. The Morgan fingerprint density at radius 2 is 2.21 bits per heavy atom. The topological polar surface area (TPSA) is 45.2 Å². The molecule has 0 saturated heterocycles. The van der Waals surface area contributed by atoms with Gasteiger partial charge in [0.25, 0.3) is 0 Å². The highest BCUT2D eigenvalue weighted by Gasteiger charge is 2.15. The number of nitrogens with one attached hydrogen (secondary N) is 1. The molecule has 5 heteroatoms. The molecule has 1 aromatic heterocycles. The standard InChI is InChI=1S/C19H21N3OS/c1-15(23)20-19-21-18(14-24-19)17-10-6-12-22(13-17)11-5-9-16-7-3-2-4-8-16/h2-5,7-10,14H,6,11-13H2,1H3,(H,20,21,23)/b9-5+. The van der Waals surface area contributed by atoms with E-state index in [1.54, 1.807) is 0 Å². The van der Waals surface area contributed by atoms with Crippen molar-refractivity contribution in [2.45, 2.75) is 13.3 Å². The lowest BCUT2D eigenvalue weighted by Gasteiger charge is -2.25. The molecule has 4 nitrogen and oxygen atoms in total. The summed E-state index contributed by atoms with van der Waals surface area (Å²) in [5.41, 5.74) is 3.44. The molecule has 0 saturated carbocycles. The molecule has 2 heterocycles. The van der Waals surface area contributed by atoms with Crippen LogP contribution in [0, 0.1) is 0 Å². The molecule has 1 aromatic carbocycles. The van der Waals surface area contributed by atoms with Crippen LogP contribution in [-0.2, 0) is 4.79 Å². The Kier molecular flexibility index (Phi) is 5.56. The monoisotopic (exact) mass is 339 g/mol. The number of hydrogen-bond donors (Lipinski definition) is 1. The zero-order valence-corrected chi connectivity index (χ0v) is 14.6. The average molecular weight is 339 g/mol. The number of nitrogens with zero attached hydrogens (tertiary/aromatic N) is 2. The summed E-state index contributed by atoms with van der Waals surface area (Å²) in [6.07, 6.45) is 7.66. The molecule has 0 spiro atoms. The smallest absolute Gasteiger partial charge is 0.223 e. The Labute approximate surface area is 146 Å². The molecule has 0 aliphatic carbocycles. The van der Waals surface area contributed by atoms with Crippen molar-refractivity contribution in [2.24, 2.45) is 0 Å². The minimum Gasteiger partial charge on any atom is -0.302 e. The molecule has 2 aromatic rings. The van der Waals surface area contributed by atoms with Crippen molar-refractivity contribution in [3.63, 3.8) is 0 Å². The van der Waals surface area contributed by atoms with Crippen molar-refractivity contribution < 1.29 is 4.79 Å². The van der Waals surface area contributed by atoms with Gasteiger partial charge in [0.2, 0.25) is 5.91 Å². The Hall–Kier alpha value is -2.24. The zero-order chi connectivity index (χ0) is 16.8. The van der Waals surface area contributed by atoms with Crippen LogP contribution in [0.4, 0.5) is 5.13 Å². The van der Waals surface area contributed by atoms with Gasteiger partial charge >= 0.3 is 0 Å². The van der Waals surface area contributed by atoms with Gasteiger partial charge in [0, 0.05) is 31.9 Å². The lowest BCUT2D eigenvalue weighted by atomic mass is 10.1. The molecule has 0 atom stereocenters. The minimum absolute atomic E-state index is 0.0822. The average Bonchev–Trinajstić information content (AvgIpc) is 3.04. The van der Waals surface area contributed by atoms with Crippen molar-refractivity contribution >= 4 is 34.0 Å². The van der Waals surface area contributed by atoms with Crippen LogP contribution in [0.2, 0.25) is 0 Å². The van der Waals surface area contributed by atoms with Crippen LogP contribution < -0.4 is 5.32 Å². The van der Waals surface area contributed by atoms with Crippen molar-refractivity contribution in [3.05, 3.63) is 59.1 Å². The van der Waals surface area contributed by atoms with Crippen molar-refractivity contribution in [3.8, 4) is 0 Å². The van der Waals surface area contributed by atoms with E-state index < -0.39 is 0 Å². The predicted molar refractivity (Wildman–Crippen MR) is 101 cm³/mol. The summed E-state index contributed by atoms with van der Waals surface area (Å²) in [4.78, 5) is 18.0. The number of anilines is 1. The fourth-order valence-electron chi connectivity index (χ4n) is 2.68. The second kappa shape index (κ2) is 8.04. The fraction of sp³-hybridized carbons (Fsp3) is 0.263. The number of benzene rings is 1. The molecule has 24 heavy (non-hydrogen) atoms. The van der Waals surface area contributed by atoms with Crippen LogP contribution >= 0.6 is 11.3 Å². The van der Waals surface area contributed by atoms with Crippen LogP contribution in [-0.4, -0.2) is 35.4 Å². The quantitative estimate of drug-likeness (QED) is 0.898. The molecule has 1 aliphatic heterocycles. The molecule has 0 bridgehead atoms. The first-order chi connectivity index (χ1) is 11.7. The summed E-state index contributed by atoms with van der Waals surface area (Å²) >= 11 is 1.47. The summed E-state index contributed by atoms with van der Waals surface area (Å²) < 4.78 is 0. The number of carbonyl (C=O) groups excluding carboxylic acids is 1. The third kappa shape index (κ3) is 4.63. The van der Waals surface area contributed by atoms with Crippen molar-refractivity contribution in [1.29, 1.82) is 0 Å². The van der Waals surface area contributed by atoms with Crippen LogP contribution in [0.3, 0.4) is 0 Å². The number of hydrogen-bond acceptors (Lipinski definition) is 4. The summed E-state index contributed by atoms with van der Waals surface area (Å²) in [6, 6.07) is 10.3. The molecule has 0 radical (unpaired) electrons. The van der Waals surface area contributed by atoms with Gasteiger partial charge in [-0.25, -0.2) is 4.98 Å². The fourth-order valence-corrected chi connectivity index (χ4v) is 3.46. The first-order valence-electron chi connectivity index (χ1n) is 8.07. The van der Waals surface area contributed by atoms with Gasteiger partial charge in [-0.3, -0.25) is 9.69 Å². The molecule has 1 N–H and O–H groups in total. The molecule has 0 fully saturated rings. The van der Waals surface area contributed by atoms with Crippen LogP contribution in [0.5, 0.6) is 0 Å². The third-order valence-electron chi connectivity index (χ3n) is 3.82. The van der Waals surface area contributed by atoms with Gasteiger partial charge in [0.1, 0.15) is 0 Å². The van der Waals surface area contributed by atoms with E-state index in [0.717, 1.165) is 31.7 Å². The molecule has 3 rings (SSSR count). The Morgan fingerprint density at radius 3 is 3.00 bits per heavy atom. The van der Waals surface area contributed by atoms with Crippen molar-refractivity contribution in [1.82, 2.24) is 9.88 Å². The normalized spacial score (nSPS) is 15.5. The molecule has 1 aliphatic rings. The van der Waals surface area contributed by atoms with Gasteiger partial charge in [0.15, 0.2) is 5.13 Å². The molecular formula is C19H21N3OS. The van der Waals surface area contributed by atoms with E-state index in [1.165, 1.54) is 29.4 Å². The molecular weight excluding hydrogens is 318 g/mol. The van der Waals surface area contributed by atoms with E-state index >= 15 is 0 Å². The number of carbonyl (C=O) groups is 1. The highest BCUT2D eigenvalue weighted by Crippen LogP contribution is 2.25. The van der Waals surface area contributed by atoms with E-state index in [0.29, 0.717) is 5.13 Å². The van der Waals surface area contributed by atoms with E-state index in [2.05, 4.69) is 57.7 Å². The maximum absolute atomic E-state index is 11.1. The minimum atomic E-state index is -0.0822. The predicted octanol–water partition coefficient (Wildman–Crippen LogP) is 3.90. The second-order valence-corrected chi connectivity index (χ2v) is 6.64. The first-order valence-corrected chi connectivity index (χ1v) is 8.95. The summed E-state index contributed by atoms with van der Waals surface area (Å²) in [6.45, 7) is 4.38. The van der Waals surface area contributed by atoms with Gasteiger partial charge in [-0.15, -0.1) is 11.3 Å². The van der Waals surface area contributed by atoms with Crippen LogP contribution in [0.25, 0.3) is 11.6 Å². The Morgan fingerprint density at radius 1 is 1.38 bits per heavy atom. The largest absolute Gasteiger partial charge is 0.302 e. The number of thiazole rings is 1. The van der Waals surface area contributed by atoms with Crippen LogP contribution in [0.15, 0.2) is 47.9 Å². The highest BCUT2D eigenvalue weighted by atomic mass is 32.1. The van der Waals surface area contributed by atoms with Gasteiger partial charge in [-0.2, -0.15) is 0 Å². The Bertz CT molecular complexity index is 749. The number of rotatable bonds is 5. The summed E-state index contributed by atoms with van der Waals surface area (Å²) in [5, 5.41) is 5.42. The lowest BCUT2D eigenvalue weighted by Crippen LogP contribution is -2.29. The van der Waals surface area contributed by atoms with Gasteiger partial charge in [0.05, 0.1) is 5.69 Å². The zero-order valence-electron chi connectivity index (χ0n) is 13.7. The summed E-state index contributed by atoms with van der Waals surface area (Å²) in [5.74, 6) is -0.0822.